The molecule has 1 heterocycles. The van der Waals surface area contributed by atoms with E-state index in [0.717, 1.165) is 30.4 Å². The molecule has 0 unspecified atom stereocenters. The molecule has 100 valence electrons. The maximum Gasteiger partial charge on any atom is 0.158 e. The first kappa shape index (κ1) is 13.1. The summed E-state index contributed by atoms with van der Waals surface area (Å²) >= 11 is 0. The van der Waals surface area contributed by atoms with E-state index in [9.17, 15) is 0 Å². The molecule has 0 saturated heterocycles. The van der Waals surface area contributed by atoms with E-state index in [-0.39, 0.29) is 0 Å². The van der Waals surface area contributed by atoms with Crippen LogP contribution in [0, 0.1) is 0 Å². The number of hydrogen-bond acceptors (Lipinski definition) is 5. The number of nitrogens with zero attached hydrogens (tertiary/aromatic N) is 3. The van der Waals surface area contributed by atoms with Crippen molar-refractivity contribution in [2.75, 3.05) is 30.9 Å². The Morgan fingerprint density at radius 1 is 1.44 bits per heavy atom. The highest BCUT2D eigenvalue weighted by molar-refractivity contribution is 5.50. The van der Waals surface area contributed by atoms with Gasteiger partial charge in [-0.2, -0.15) is 0 Å². The Labute approximate surface area is 109 Å². The highest BCUT2D eigenvalue weighted by Crippen LogP contribution is 2.29. The lowest BCUT2D eigenvalue weighted by Crippen LogP contribution is -2.22. The Morgan fingerprint density at radius 2 is 2.22 bits per heavy atom. The van der Waals surface area contributed by atoms with Crippen molar-refractivity contribution in [3.05, 3.63) is 11.9 Å². The topological polar surface area (TPSA) is 50.3 Å². The molecule has 0 aromatic carbocycles. The SMILES string of the molecule is CCCNc1cc(N(C)C2CC2)nc(COC)n1. The number of methoxy groups -OCH3 is 1. The molecule has 0 spiro atoms. The van der Waals surface area contributed by atoms with Crippen LogP contribution in [0.5, 0.6) is 0 Å². The first-order chi connectivity index (χ1) is 8.74. The van der Waals surface area contributed by atoms with E-state index in [1.165, 1.54) is 12.8 Å². The molecule has 1 aromatic rings. The van der Waals surface area contributed by atoms with E-state index in [4.69, 9.17) is 4.74 Å². The van der Waals surface area contributed by atoms with E-state index in [1.54, 1.807) is 7.11 Å². The van der Waals surface area contributed by atoms with Gasteiger partial charge in [0, 0.05) is 32.8 Å². The first-order valence-electron chi connectivity index (χ1n) is 6.58. The summed E-state index contributed by atoms with van der Waals surface area (Å²) in [5, 5.41) is 3.31. The van der Waals surface area contributed by atoms with E-state index in [1.807, 2.05) is 6.07 Å². The molecular weight excluding hydrogens is 228 g/mol. The standard InChI is InChI=1S/C13H22N4O/c1-4-7-14-11-8-13(17(2)10-5-6-10)16-12(15-11)9-18-3/h8,10H,4-7,9H2,1-3H3,(H,14,15,16). The molecule has 0 radical (unpaired) electrons. The van der Waals surface area contributed by atoms with Crippen LogP contribution in [0.2, 0.25) is 0 Å². The third kappa shape index (κ3) is 3.32. The van der Waals surface area contributed by atoms with Crippen LogP contribution in [0.4, 0.5) is 11.6 Å². The average Bonchev–Trinajstić information content (AvgIpc) is 3.20. The summed E-state index contributed by atoms with van der Waals surface area (Å²) in [5.41, 5.74) is 0. The predicted octanol–water partition coefficient (Wildman–Crippen LogP) is 2.04. The van der Waals surface area contributed by atoms with Crippen molar-refractivity contribution in [1.82, 2.24) is 9.97 Å². The number of ether oxygens (including phenoxy) is 1. The van der Waals surface area contributed by atoms with Gasteiger partial charge < -0.3 is 15.0 Å². The number of anilines is 2. The molecule has 2 rings (SSSR count). The Kier molecular flexibility index (Phi) is 4.36. The van der Waals surface area contributed by atoms with Crippen LogP contribution < -0.4 is 10.2 Å². The van der Waals surface area contributed by atoms with Gasteiger partial charge in [-0.25, -0.2) is 9.97 Å². The van der Waals surface area contributed by atoms with Gasteiger partial charge in [0.25, 0.3) is 0 Å². The lowest BCUT2D eigenvalue weighted by Gasteiger charge is -2.19. The number of aromatic nitrogens is 2. The first-order valence-corrected chi connectivity index (χ1v) is 6.58. The molecule has 18 heavy (non-hydrogen) atoms. The lowest BCUT2D eigenvalue weighted by molar-refractivity contribution is 0.178. The summed E-state index contributed by atoms with van der Waals surface area (Å²) in [6.45, 7) is 3.52. The Morgan fingerprint density at radius 3 is 2.83 bits per heavy atom. The largest absolute Gasteiger partial charge is 0.377 e. The second-order valence-electron chi connectivity index (χ2n) is 4.73. The summed E-state index contributed by atoms with van der Waals surface area (Å²) < 4.78 is 5.13. The molecule has 0 aliphatic heterocycles. The van der Waals surface area contributed by atoms with Crippen molar-refractivity contribution in [1.29, 1.82) is 0 Å². The zero-order chi connectivity index (χ0) is 13.0. The smallest absolute Gasteiger partial charge is 0.158 e. The van der Waals surface area contributed by atoms with Crippen molar-refractivity contribution < 1.29 is 4.74 Å². The van der Waals surface area contributed by atoms with Crippen molar-refractivity contribution in [3.8, 4) is 0 Å². The summed E-state index contributed by atoms with van der Waals surface area (Å²) in [7, 11) is 3.76. The summed E-state index contributed by atoms with van der Waals surface area (Å²) in [5.74, 6) is 2.61. The zero-order valence-electron chi connectivity index (χ0n) is 11.4. The Bertz CT molecular complexity index is 393. The molecule has 1 saturated carbocycles. The molecule has 0 amide bonds. The van der Waals surface area contributed by atoms with Crippen LogP contribution in [0.25, 0.3) is 0 Å². The van der Waals surface area contributed by atoms with Gasteiger partial charge in [0.1, 0.15) is 18.2 Å². The third-order valence-electron chi connectivity index (χ3n) is 3.04. The molecule has 1 aliphatic rings. The van der Waals surface area contributed by atoms with Gasteiger partial charge in [0.05, 0.1) is 0 Å². The number of rotatable bonds is 7. The second kappa shape index (κ2) is 6.00. The van der Waals surface area contributed by atoms with Gasteiger partial charge in [0.15, 0.2) is 5.82 Å². The van der Waals surface area contributed by atoms with Gasteiger partial charge in [0.2, 0.25) is 0 Å². The van der Waals surface area contributed by atoms with Gasteiger partial charge in [-0.3, -0.25) is 0 Å². The minimum Gasteiger partial charge on any atom is -0.377 e. The van der Waals surface area contributed by atoms with Crippen LogP contribution >= 0.6 is 0 Å². The average molecular weight is 250 g/mol. The highest BCUT2D eigenvalue weighted by Gasteiger charge is 2.27. The van der Waals surface area contributed by atoms with Crippen LogP contribution in [-0.2, 0) is 11.3 Å². The molecule has 1 aliphatic carbocycles. The fourth-order valence-electron chi connectivity index (χ4n) is 1.85. The molecule has 0 atom stereocenters. The molecular formula is C13H22N4O. The fraction of sp³-hybridized carbons (Fsp3) is 0.692. The summed E-state index contributed by atoms with van der Waals surface area (Å²) in [6, 6.07) is 2.67. The Hall–Kier alpha value is -1.36. The molecule has 1 aromatic heterocycles. The summed E-state index contributed by atoms with van der Waals surface area (Å²) in [6.07, 6.45) is 3.60. The van der Waals surface area contributed by atoms with Crippen molar-refractivity contribution in [3.63, 3.8) is 0 Å². The third-order valence-corrected chi connectivity index (χ3v) is 3.04. The highest BCUT2D eigenvalue weighted by atomic mass is 16.5. The quantitative estimate of drug-likeness (QED) is 0.802. The molecule has 5 nitrogen and oxygen atoms in total. The maximum atomic E-state index is 5.13. The molecule has 0 bridgehead atoms. The van der Waals surface area contributed by atoms with E-state index in [0.29, 0.717) is 12.6 Å². The van der Waals surface area contributed by atoms with Gasteiger partial charge in [-0.15, -0.1) is 0 Å². The summed E-state index contributed by atoms with van der Waals surface area (Å²) in [4.78, 5) is 11.2. The lowest BCUT2D eigenvalue weighted by atomic mass is 10.4. The minimum atomic E-state index is 0.452. The molecule has 1 fully saturated rings. The van der Waals surface area contributed by atoms with Crippen LogP contribution in [0.15, 0.2) is 6.07 Å². The van der Waals surface area contributed by atoms with Crippen LogP contribution in [-0.4, -0.2) is 36.7 Å². The van der Waals surface area contributed by atoms with Crippen molar-refractivity contribution in [2.24, 2.45) is 0 Å². The number of hydrogen-bond donors (Lipinski definition) is 1. The van der Waals surface area contributed by atoms with Crippen molar-refractivity contribution >= 4 is 11.6 Å². The van der Waals surface area contributed by atoms with Crippen LogP contribution in [0.1, 0.15) is 32.0 Å². The molecule has 1 N–H and O–H groups in total. The van der Waals surface area contributed by atoms with E-state index in [2.05, 4.69) is 34.2 Å². The van der Waals surface area contributed by atoms with Gasteiger partial charge in [-0.05, 0) is 19.3 Å². The fourth-order valence-corrected chi connectivity index (χ4v) is 1.85. The normalized spacial score (nSPS) is 14.6. The second-order valence-corrected chi connectivity index (χ2v) is 4.73. The maximum absolute atomic E-state index is 5.13. The van der Waals surface area contributed by atoms with E-state index >= 15 is 0 Å². The van der Waals surface area contributed by atoms with Crippen LogP contribution in [0.3, 0.4) is 0 Å². The van der Waals surface area contributed by atoms with E-state index < -0.39 is 0 Å². The predicted molar refractivity (Wildman–Crippen MR) is 73.0 cm³/mol. The Balaban J connectivity index is 2.17. The van der Waals surface area contributed by atoms with Gasteiger partial charge >= 0.3 is 0 Å². The van der Waals surface area contributed by atoms with Gasteiger partial charge in [-0.1, -0.05) is 6.92 Å². The zero-order valence-corrected chi connectivity index (χ0v) is 11.4. The molecule has 5 heteroatoms. The van der Waals surface area contributed by atoms with Crippen molar-refractivity contribution in [2.45, 2.75) is 38.8 Å². The monoisotopic (exact) mass is 250 g/mol. The number of nitrogens with one attached hydrogen (secondary N) is 1. The minimum absolute atomic E-state index is 0.452.